The third-order valence-electron chi connectivity index (χ3n) is 3.50. The van der Waals surface area contributed by atoms with Crippen LogP contribution in [0.2, 0.25) is 0 Å². The second-order valence-corrected chi connectivity index (χ2v) is 6.00. The summed E-state index contributed by atoms with van der Waals surface area (Å²) in [6, 6.07) is 8.79. The summed E-state index contributed by atoms with van der Waals surface area (Å²) in [5, 5.41) is 5.39. The van der Waals surface area contributed by atoms with Crippen LogP contribution in [0.1, 0.15) is 0 Å². The van der Waals surface area contributed by atoms with Gasteiger partial charge in [0.2, 0.25) is 0 Å². The molecule has 0 saturated heterocycles. The van der Waals surface area contributed by atoms with Gasteiger partial charge in [-0.3, -0.25) is 0 Å². The van der Waals surface area contributed by atoms with Crippen molar-refractivity contribution >= 4 is 22.2 Å². The van der Waals surface area contributed by atoms with E-state index in [1.54, 1.807) is 5.38 Å². The zero-order valence-electron chi connectivity index (χ0n) is 12.4. The standard InChI is InChI=1S/C17H12F2N2O2S/c18-10-1-3-13(19)12(7-10)14-9-24-17(21-14)20-11-2-4-15-16(8-11)23-6-5-22-15/h1-4,7-9H,5-6H2,(H,20,21). The predicted octanol–water partition coefficient (Wildman–Crippen LogP) is 4.60. The average Bonchev–Trinajstić information content (AvgIpc) is 3.05. The van der Waals surface area contributed by atoms with Crippen LogP contribution in [-0.2, 0) is 0 Å². The molecule has 0 unspecified atom stereocenters. The van der Waals surface area contributed by atoms with Crippen molar-refractivity contribution in [2.45, 2.75) is 0 Å². The van der Waals surface area contributed by atoms with Crippen LogP contribution >= 0.6 is 11.3 Å². The van der Waals surface area contributed by atoms with Crippen molar-refractivity contribution in [3.63, 3.8) is 0 Å². The van der Waals surface area contributed by atoms with Gasteiger partial charge in [0.1, 0.15) is 24.8 Å². The lowest BCUT2D eigenvalue weighted by atomic mass is 10.1. The molecular weight excluding hydrogens is 334 g/mol. The highest BCUT2D eigenvalue weighted by Gasteiger charge is 2.14. The maximum absolute atomic E-state index is 13.8. The first-order valence-corrected chi connectivity index (χ1v) is 8.14. The molecule has 0 amide bonds. The first kappa shape index (κ1) is 14.9. The molecule has 1 N–H and O–H groups in total. The number of hydrogen-bond donors (Lipinski definition) is 1. The molecule has 0 aliphatic carbocycles. The van der Waals surface area contributed by atoms with E-state index in [0.717, 1.165) is 23.9 Å². The zero-order chi connectivity index (χ0) is 16.5. The molecule has 24 heavy (non-hydrogen) atoms. The Kier molecular flexibility index (Phi) is 3.78. The van der Waals surface area contributed by atoms with E-state index < -0.39 is 11.6 Å². The molecule has 1 aliphatic rings. The Morgan fingerprint density at radius 2 is 1.83 bits per heavy atom. The van der Waals surface area contributed by atoms with Crippen molar-refractivity contribution in [2.75, 3.05) is 18.5 Å². The highest BCUT2D eigenvalue weighted by molar-refractivity contribution is 7.14. The minimum Gasteiger partial charge on any atom is -0.486 e. The summed E-state index contributed by atoms with van der Waals surface area (Å²) in [5.41, 5.74) is 1.30. The van der Waals surface area contributed by atoms with E-state index in [0.29, 0.717) is 35.5 Å². The van der Waals surface area contributed by atoms with Crippen LogP contribution in [0.15, 0.2) is 41.8 Å². The number of ether oxygens (including phenoxy) is 2. The Bertz CT molecular complexity index is 898. The SMILES string of the molecule is Fc1ccc(F)c(-c2csc(Nc3ccc4c(c3)OCCO4)n2)c1. The smallest absolute Gasteiger partial charge is 0.187 e. The summed E-state index contributed by atoms with van der Waals surface area (Å²) in [6.45, 7) is 1.05. The van der Waals surface area contributed by atoms with Gasteiger partial charge in [0.05, 0.1) is 5.69 Å². The summed E-state index contributed by atoms with van der Waals surface area (Å²) >= 11 is 1.31. The van der Waals surface area contributed by atoms with Gasteiger partial charge in [-0.1, -0.05) is 0 Å². The Hall–Kier alpha value is -2.67. The van der Waals surface area contributed by atoms with Crippen LogP contribution in [0.5, 0.6) is 11.5 Å². The molecule has 1 aromatic heterocycles. The van der Waals surface area contributed by atoms with E-state index in [-0.39, 0.29) is 5.56 Å². The summed E-state index contributed by atoms with van der Waals surface area (Å²) in [6.07, 6.45) is 0. The van der Waals surface area contributed by atoms with E-state index in [9.17, 15) is 8.78 Å². The number of anilines is 2. The number of aromatic nitrogens is 1. The van der Waals surface area contributed by atoms with Crippen molar-refractivity contribution in [1.82, 2.24) is 4.98 Å². The minimum atomic E-state index is -0.507. The second kappa shape index (κ2) is 6.09. The quantitative estimate of drug-likeness (QED) is 0.752. The van der Waals surface area contributed by atoms with Crippen molar-refractivity contribution in [3.8, 4) is 22.8 Å². The van der Waals surface area contributed by atoms with Crippen LogP contribution in [0, 0.1) is 11.6 Å². The number of rotatable bonds is 3. The molecule has 2 aromatic carbocycles. The number of hydrogen-bond acceptors (Lipinski definition) is 5. The molecule has 2 heterocycles. The molecular formula is C17H12F2N2O2S. The highest BCUT2D eigenvalue weighted by Crippen LogP contribution is 2.35. The zero-order valence-corrected chi connectivity index (χ0v) is 13.2. The minimum absolute atomic E-state index is 0.140. The Labute approximate surface area is 140 Å². The van der Waals surface area contributed by atoms with Gasteiger partial charge < -0.3 is 14.8 Å². The fourth-order valence-electron chi connectivity index (χ4n) is 2.39. The van der Waals surface area contributed by atoms with Crippen molar-refractivity contribution in [1.29, 1.82) is 0 Å². The van der Waals surface area contributed by atoms with Gasteiger partial charge in [0.15, 0.2) is 16.6 Å². The van der Waals surface area contributed by atoms with Gasteiger partial charge in [0.25, 0.3) is 0 Å². The Morgan fingerprint density at radius 1 is 1.00 bits per heavy atom. The summed E-state index contributed by atoms with van der Waals surface area (Å²) in [7, 11) is 0. The summed E-state index contributed by atoms with van der Waals surface area (Å²) in [5.74, 6) is 0.362. The second-order valence-electron chi connectivity index (χ2n) is 5.15. The van der Waals surface area contributed by atoms with Gasteiger partial charge in [0, 0.05) is 22.7 Å². The van der Waals surface area contributed by atoms with Crippen LogP contribution in [0.25, 0.3) is 11.3 Å². The number of nitrogens with one attached hydrogen (secondary N) is 1. The Balaban J connectivity index is 1.58. The van der Waals surface area contributed by atoms with Crippen molar-refractivity contribution in [3.05, 3.63) is 53.4 Å². The fraction of sp³-hybridized carbons (Fsp3) is 0.118. The largest absolute Gasteiger partial charge is 0.486 e. The molecule has 7 heteroatoms. The molecule has 122 valence electrons. The highest BCUT2D eigenvalue weighted by atomic mass is 32.1. The predicted molar refractivity (Wildman–Crippen MR) is 88.2 cm³/mol. The molecule has 0 bridgehead atoms. The van der Waals surface area contributed by atoms with Crippen molar-refractivity contribution < 1.29 is 18.3 Å². The molecule has 4 rings (SSSR count). The normalized spacial score (nSPS) is 12.9. The molecule has 0 fully saturated rings. The van der Waals surface area contributed by atoms with Crippen LogP contribution in [0.3, 0.4) is 0 Å². The van der Waals surface area contributed by atoms with Gasteiger partial charge in [-0.05, 0) is 30.3 Å². The van der Waals surface area contributed by atoms with Gasteiger partial charge in [-0.25, -0.2) is 13.8 Å². The van der Waals surface area contributed by atoms with E-state index in [1.165, 1.54) is 11.3 Å². The van der Waals surface area contributed by atoms with Crippen molar-refractivity contribution in [2.24, 2.45) is 0 Å². The van der Waals surface area contributed by atoms with Gasteiger partial charge in [-0.2, -0.15) is 0 Å². The first-order valence-electron chi connectivity index (χ1n) is 7.27. The first-order chi connectivity index (χ1) is 11.7. The average molecular weight is 346 g/mol. The topological polar surface area (TPSA) is 43.4 Å². The van der Waals surface area contributed by atoms with Crippen LogP contribution in [-0.4, -0.2) is 18.2 Å². The number of nitrogens with zero attached hydrogens (tertiary/aromatic N) is 1. The number of fused-ring (bicyclic) bond motifs is 1. The lowest BCUT2D eigenvalue weighted by Gasteiger charge is -2.18. The molecule has 0 saturated carbocycles. The molecule has 0 radical (unpaired) electrons. The third kappa shape index (κ3) is 2.90. The van der Waals surface area contributed by atoms with Gasteiger partial charge in [-0.15, -0.1) is 11.3 Å². The lowest BCUT2D eigenvalue weighted by Crippen LogP contribution is -2.15. The van der Waals surface area contributed by atoms with E-state index in [2.05, 4.69) is 10.3 Å². The molecule has 0 atom stereocenters. The number of benzene rings is 2. The monoisotopic (exact) mass is 346 g/mol. The summed E-state index contributed by atoms with van der Waals surface area (Å²) in [4.78, 5) is 4.32. The van der Waals surface area contributed by atoms with Crippen LogP contribution < -0.4 is 14.8 Å². The lowest BCUT2D eigenvalue weighted by molar-refractivity contribution is 0.171. The maximum Gasteiger partial charge on any atom is 0.187 e. The summed E-state index contributed by atoms with van der Waals surface area (Å²) < 4.78 is 38.1. The van der Waals surface area contributed by atoms with E-state index in [1.807, 2.05) is 18.2 Å². The van der Waals surface area contributed by atoms with E-state index >= 15 is 0 Å². The third-order valence-corrected chi connectivity index (χ3v) is 4.26. The fourth-order valence-corrected chi connectivity index (χ4v) is 3.12. The van der Waals surface area contributed by atoms with E-state index in [4.69, 9.17) is 9.47 Å². The van der Waals surface area contributed by atoms with Crippen LogP contribution in [0.4, 0.5) is 19.6 Å². The Morgan fingerprint density at radius 3 is 2.71 bits per heavy atom. The number of thiazole rings is 1. The molecule has 3 aromatic rings. The molecule has 4 nitrogen and oxygen atoms in total. The molecule has 1 aliphatic heterocycles. The number of halogens is 2. The maximum atomic E-state index is 13.8. The van der Waals surface area contributed by atoms with Gasteiger partial charge >= 0.3 is 0 Å². The molecule has 0 spiro atoms.